The summed E-state index contributed by atoms with van der Waals surface area (Å²) in [5.41, 5.74) is 8.43. The number of para-hydroxylation sites is 1. The number of ether oxygens (including phenoxy) is 2. The molecular weight excluding hydrogens is 860 g/mol. The smallest absolute Gasteiger partial charge is 0.330 e. The molecule has 0 fully saturated rings. The summed E-state index contributed by atoms with van der Waals surface area (Å²) in [5.74, 6) is 0.265. The standard InChI is InChI=1S/C55H91N4O7P/c1-4-7-10-12-14-16-18-20-22-24-26-28-30-32-34-41-51(60)64-45-47(66-52(61)42-35-33-31-29-27-25-23-21-19-17-15-13-11-8-5-2)46-65-67(62,63)44-43-59-50(40-9-6-3)58-53-54(59)48-38-36-37-39-49(48)57-55(53)56/h20-23,36-39,47H,4-19,24-35,40-46H2,1-3H3,(H2,56,57)(H,62,63)/b22-20-,23-21-. The van der Waals surface area contributed by atoms with Crippen LogP contribution < -0.4 is 5.73 Å². The second-order valence-electron chi connectivity index (χ2n) is 18.6. The van der Waals surface area contributed by atoms with Gasteiger partial charge in [-0.1, -0.05) is 172 Å². The number of esters is 2. The number of aromatic nitrogens is 3. The summed E-state index contributed by atoms with van der Waals surface area (Å²) >= 11 is 0. The summed E-state index contributed by atoms with van der Waals surface area (Å²) in [5, 5.41) is 0.859. The minimum atomic E-state index is -4.21. The highest BCUT2D eigenvalue weighted by Crippen LogP contribution is 2.43. The van der Waals surface area contributed by atoms with Crippen LogP contribution in [0.5, 0.6) is 0 Å². The molecule has 0 spiro atoms. The molecule has 67 heavy (non-hydrogen) atoms. The van der Waals surface area contributed by atoms with Crippen molar-refractivity contribution in [1.29, 1.82) is 0 Å². The van der Waals surface area contributed by atoms with E-state index in [0.29, 0.717) is 24.2 Å². The van der Waals surface area contributed by atoms with Gasteiger partial charge < -0.3 is 29.2 Å². The number of rotatable bonds is 42. The predicted molar refractivity (Wildman–Crippen MR) is 278 cm³/mol. The number of fused-ring (bicyclic) bond motifs is 3. The molecule has 0 saturated heterocycles. The van der Waals surface area contributed by atoms with Gasteiger partial charge in [0.05, 0.1) is 23.8 Å². The molecule has 3 aromatic rings. The van der Waals surface area contributed by atoms with Crippen molar-refractivity contribution in [2.75, 3.05) is 25.1 Å². The Bertz CT molecular complexity index is 1890. The molecule has 3 N–H and O–H groups in total. The zero-order valence-electron chi connectivity index (χ0n) is 42.2. The van der Waals surface area contributed by atoms with Crippen molar-refractivity contribution < 1.29 is 33.0 Å². The third-order valence-electron chi connectivity index (χ3n) is 12.5. The van der Waals surface area contributed by atoms with E-state index < -0.39 is 19.7 Å². The number of hydrogen-bond acceptors (Lipinski definition) is 9. The molecule has 1 aromatic carbocycles. The van der Waals surface area contributed by atoms with Gasteiger partial charge in [-0.25, -0.2) is 9.97 Å². The van der Waals surface area contributed by atoms with Gasteiger partial charge >= 0.3 is 19.5 Å². The van der Waals surface area contributed by atoms with E-state index in [-0.39, 0.29) is 44.7 Å². The maximum atomic E-state index is 13.6. The second-order valence-corrected chi connectivity index (χ2v) is 20.6. The molecule has 3 rings (SSSR count). The van der Waals surface area contributed by atoms with Crippen molar-refractivity contribution in [2.24, 2.45) is 0 Å². The van der Waals surface area contributed by atoms with Crippen LogP contribution in [-0.4, -0.2) is 56.8 Å². The van der Waals surface area contributed by atoms with E-state index >= 15 is 0 Å². The molecule has 378 valence electrons. The fraction of sp³-hybridized carbons (Fsp3) is 0.709. The highest BCUT2D eigenvalue weighted by molar-refractivity contribution is 7.52. The van der Waals surface area contributed by atoms with E-state index in [1.807, 2.05) is 28.8 Å². The number of benzene rings is 1. The van der Waals surface area contributed by atoms with Gasteiger partial charge in [-0.3, -0.25) is 14.2 Å². The van der Waals surface area contributed by atoms with E-state index in [0.717, 1.165) is 106 Å². The molecule has 0 radical (unpaired) electrons. The van der Waals surface area contributed by atoms with Gasteiger partial charge in [0.15, 0.2) is 11.9 Å². The summed E-state index contributed by atoms with van der Waals surface area (Å²) in [6.07, 6.45) is 41.3. The van der Waals surface area contributed by atoms with Gasteiger partial charge in [0.1, 0.15) is 17.9 Å². The number of carbonyl (C=O) groups is 2. The van der Waals surface area contributed by atoms with Gasteiger partial charge in [-0.05, 0) is 76.7 Å². The first-order valence-electron chi connectivity index (χ1n) is 26.8. The largest absolute Gasteiger partial charge is 0.462 e. The molecule has 0 saturated carbocycles. The maximum absolute atomic E-state index is 13.6. The van der Waals surface area contributed by atoms with E-state index in [1.54, 1.807) is 0 Å². The Morgan fingerprint density at radius 2 is 1.15 bits per heavy atom. The van der Waals surface area contributed by atoms with Gasteiger partial charge in [0.25, 0.3) is 0 Å². The third kappa shape index (κ3) is 25.6. The molecule has 0 amide bonds. The first-order chi connectivity index (χ1) is 32.7. The number of carbonyl (C=O) groups excluding carboxylic acids is 2. The predicted octanol–water partition coefficient (Wildman–Crippen LogP) is 15.2. The van der Waals surface area contributed by atoms with Crippen LogP contribution in [0.15, 0.2) is 48.6 Å². The van der Waals surface area contributed by atoms with E-state index in [4.69, 9.17) is 24.7 Å². The minimum absolute atomic E-state index is 0.154. The summed E-state index contributed by atoms with van der Waals surface area (Å²) < 4.78 is 32.6. The molecule has 2 heterocycles. The van der Waals surface area contributed by atoms with Crippen molar-refractivity contribution in [3.63, 3.8) is 0 Å². The fourth-order valence-corrected chi connectivity index (χ4v) is 9.44. The lowest BCUT2D eigenvalue weighted by Gasteiger charge is -2.20. The molecule has 0 aliphatic rings. The molecule has 2 aromatic heterocycles. The van der Waals surface area contributed by atoms with Crippen LogP contribution in [0.2, 0.25) is 0 Å². The first kappa shape index (κ1) is 57.8. The number of anilines is 1. The van der Waals surface area contributed by atoms with Crippen LogP contribution in [-0.2, 0) is 41.1 Å². The number of allylic oxidation sites excluding steroid dienone is 4. The Kier molecular flexibility index (Phi) is 31.4. The number of nitrogens with zero attached hydrogens (tertiary/aromatic N) is 3. The fourth-order valence-electron chi connectivity index (χ4n) is 8.46. The lowest BCUT2D eigenvalue weighted by molar-refractivity contribution is -0.161. The number of unbranched alkanes of at least 4 members (excludes halogenated alkanes) is 23. The molecular formula is C55H91N4O7P. The average Bonchev–Trinajstić information content (AvgIpc) is 3.70. The zero-order valence-corrected chi connectivity index (χ0v) is 43.1. The number of hydrogen-bond donors (Lipinski definition) is 2. The molecule has 0 aliphatic heterocycles. The van der Waals surface area contributed by atoms with Crippen LogP contribution in [0.3, 0.4) is 0 Å². The first-order valence-corrected chi connectivity index (χ1v) is 28.6. The Morgan fingerprint density at radius 3 is 1.70 bits per heavy atom. The lowest BCUT2D eigenvalue weighted by Crippen LogP contribution is -2.29. The van der Waals surface area contributed by atoms with Crippen LogP contribution in [0.1, 0.15) is 219 Å². The monoisotopic (exact) mass is 951 g/mol. The normalized spacial score (nSPS) is 13.3. The van der Waals surface area contributed by atoms with Crippen molar-refractivity contribution >= 4 is 47.3 Å². The van der Waals surface area contributed by atoms with E-state index in [1.165, 1.54) is 89.9 Å². The zero-order chi connectivity index (χ0) is 48.2. The summed E-state index contributed by atoms with van der Waals surface area (Å²) in [4.78, 5) is 46.4. The van der Waals surface area contributed by atoms with Crippen LogP contribution in [0, 0.1) is 0 Å². The maximum Gasteiger partial charge on any atom is 0.330 e. The topological polar surface area (TPSA) is 156 Å². The number of imidazole rings is 1. The summed E-state index contributed by atoms with van der Waals surface area (Å²) in [6, 6.07) is 7.66. The Hall–Kier alpha value is -3.53. The number of aryl methyl sites for hydroxylation is 2. The molecule has 11 nitrogen and oxygen atoms in total. The second kappa shape index (κ2) is 36.5. The van der Waals surface area contributed by atoms with Gasteiger partial charge in [-0.2, -0.15) is 0 Å². The van der Waals surface area contributed by atoms with Crippen molar-refractivity contribution in [2.45, 2.75) is 232 Å². The Balaban J connectivity index is 1.47. The SMILES string of the molecule is CCCCCCCC/C=C\CCCCCCCC(=O)OCC(COP(=O)(O)CCn1c(CCCC)nc2c(N)nc3ccccc3c21)OC(=O)CCCCCCC/C=C\CCCCCCCC. The highest BCUT2D eigenvalue weighted by atomic mass is 31.2. The molecule has 12 heteroatoms. The Morgan fingerprint density at radius 1 is 0.657 bits per heavy atom. The van der Waals surface area contributed by atoms with Crippen molar-refractivity contribution in [3.8, 4) is 0 Å². The molecule has 0 bridgehead atoms. The van der Waals surface area contributed by atoms with Crippen LogP contribution in [0.25, 0.3) is 21.9 Å². The molecule has 0 aliphatic carbocycles. The Labute approximate surface area is 405 Å². The van der Waals surface area contributed by atoms with Gasteiger partial charge in [0, 0.05) is 31.2 Å². The van der Waals surface area contributed by atoms with Gasteiger partial charge in [0.2, 0.25) is 0 Å². The minimum Gasteiger partial charge on any atom is -0.462 e. The third-order valence-corrected chi connectivity index (χ3v) is 13.8. The molecule has 2 atom stereocenters. The van der Waals surface area contributed by atoms with Gasteiger partial charge in [-0.15, -0.1) is 0 Å². The number of pyridine rings is 1. The van der Waals surface area contributed by atoms with Crippen molar-refractivity contribution in [1.82, 2.24) is 14.5 Å². The summed E-state index contributed by atoms with van der Waals surface area (Å²) in [6.45, 7) is 6.14. The van der Waals surface area contributed by atoms with Crippen molar-refractivity contribution in [3.05, 3.63) is 54.4 Å². The molecule has 2 unspecified atom stereocenters. The van der Waals surface area contributed by atoms with Crippen LogP contribution in [0.4, 0.5) is 5.82 Å². The van der Waals surface area contributed by atoms with Crippen LogP contribution >= 0.6 is 7.60 Å². The average molecular weight is 951 g/mol. The number of nitrogen functional groups attached to an aromatic ring is 1. The number of nitrogens with two attached hydrogens (primary N) is 1. The van der Waals surface area contributed by atoms with E-state index in [9.17, 15) is 19.0 Å². The van der Waals surface area contributed by atoms with E-state index in [2.05, 4.69) is 50.1 Å². The summed E-state index contributed by atoms with van der Waals surface area (Å²) in [7, 11) is -4.21. The quantitative estimate of drug-likeness (QED) is 0.0242. The lowest BCUT2D eigenvalue weighted by atomic mass is 10.1. The highest BCUT2D eigenvalue weighted by Gasteiger charge is 2.27.